The first-order chi connectivity index (χ1) is 14.8. The Morgan fingerprint density at radius 1 is 0.806 bits per heavy atom. The number of nitrogens with zero attached hydrogens (tertiary/aromatic N) is 1. The molecular weight excluding hydrogens is 410 g/mol. The molecule has 0 saturated heterocycles. The van der Waals surface area contributed by atoms with E-state index in [4.69, 9.17) is 0 Å². The van der Waals surface area contributed by atoms with E-state index in [1.165, 1.54) is 4.31 Å². The van der Waals surface area contributed by atoms with Gasteiger partial charge in [-0.2, -0.15) is 4.31 Å². The lowest BCUT2D eigenvalue weighted by Gasteiger charge is -2.28. The van der Waals surface area contributed by atoms with Gasteiger partial charge < -0.3 is 10.6 Å². The van der Waals surface area contributed by atoms with Gasteiger partial charge in [-0.1, -0.05) is 41.5 Å². The van der Waals surface area contributed by atoms with Gasteiger partial charge in [0.25, 0.3) is 0 Å². The minimum atomic E-state index is -3.57. The SMILES string of the molecule is Cc1ccc(NC(=O)Nc2ccc3c(c2)CN(S(=O)(=O)c2ccc(C)cc2)CC3)cc1. The molecule has 1 heterocycles. The van der Waals surface area contributed by atoms with Gasteiger partial charge in [-0.3, -0.25) is 0 Å². The summed E-state index contributed by atoms with van der Waals surface area (Å²) in [7, 11) is -3.57. The number of anilines is 2. The van der Waals surface area contributed by atoms with Gasteiger partial charge in [0.05, 0.1) is 4.90 Å². The molecule has 0 fully saturated rings. The van der Waals surface area contributed by atoms with Crippen LogP contribution in [-0.4, -0.2) is 25.3 Å². The van der Waals surface area contributed by atoms with E-state index in [1.54, 1.807) is 24.3 Å². The number of aryl methyl sites for hydroxylation is 2. The lowest BCUT2D eigenvalue weighted by molar-refractivity contribution is 0.262. The topological polar surface area (TPSA) is 78.5 Å². The van der Waals surface area contributed by atoms with Crippen molar-refractivity contribution in [3.63, 3.8) is 0 Å². The van der Waals surface area contributed by atoms with Crippen LogP contribution in [0.3, 0.4) is 0 Å². The zero-order valence-electron chi connectivity index (χ0n) is 17.6. The molecule has 2 N–H and O–H groups in total. The predicted octanol–water partition coefficient (Wildman–Crippen LogP) is 4.69. The Balaban J connectivity index is 1.48. The van der Waals surface area contributed by atoms with Crippen LogP contribution in [0, 0.1) is 13.8 Å². The Bertz CT molecular complexity index is 1200. The minimum Gasteiger partial charge on any atom is -0.308 e. The molecular formula is C24H25N3O3S. The van der Waals surface area contributed by atoms with Crippen LogP contribution in [0.1, 0.15) is 22.3 Å². The molecule has 3 aromatic rings. The molecule has 7 heteroatoms. The standard InChI is InChI=1S/C24H25N3O3S/c1-17-3-8-21(9-4-17)25-24(28)26-22-10-7-19-13-14-27(16-20(19)15-22)31(29,30)23-11-5-18(2)6-12-23/h3-12,15H,13-14,16H2,1-2H3,(H2,25,26,28). The summed E-state index contributed by atoms with van der Waals surface area (Å²) < 4.78 is 27.6. The first kappa shape index (κ1) is 21.1. The Morgan fingerprint density at radius 2 is 1.39 bits per heavy atom. The van der Waals surface area contributed by atoms with Gasteiger partial charge >= 0.3 is 6.03 Å². The Labute approximate surface area is 183 Å². The van der Waals surface area contributed by atoms with E-state index in [0.29, 0.717) is 29.2 Å². The third kappa shape index (κ3) is 4.78. The van der Waals surface area contributed by atoms with Crippen molar-refractivity contribution in [3.8, 4) is 0 Å². The van der Waals surface area contributed by atoms with Crippen molar-refractivity contribution in [2.45, 2.75) is 31.7 Å². The zero-order valence-corrected chi connectivity index (χ0v) is 18.4. The third-order valence-corrected chi connectivity index (χ3v) is 7.27. The van der Waals surface area contributed by atoms with Gasteiger partial charge in [0, 0.05) is 24.5 Å². The summed E-state index contributed by atoms with van der Waals surface area (Å²) in [5.41, 5.74) is 5.46. The van der Waals surface area contributed by atoms with Crippen molar-refractivity contribution < 1.29 is 13.2 Å². The number of carbonyl (C=O) groups is 1. The lowest BCUT2D eigenvalue weighted by Crippen LogP contribution is -2.36. The Hall–Kier alpha value is -3.16. The van der Waals surface area contributed by atoms with Crippen molar-refractivity contribution in [1.82, 2.24) is 4.31 Å². The minimum absolute atomic E-state index is 0.278. The monoisotopic (exact) mass is 435 g/mol. The molecule has 160 valence electrons. The van der Waals surface area contributed by atoms with E-state index >= 15 is 0 Å². The molecule has 31 heavy (non-hydrogen) atoms. The maximum Gasteiger partial charge on any atom is 0.323 e. The Kier molecular flexibility index (Phi) is 5.80. The largest absolute Gasteiger partial charge is 0.323 e. The Morgan fingerprint density at radius 3 is 2.06 bits per heavy atom. The average Bonchev–Trinajstić information content (AvgIpc) is 2.75. The molecule has 0 aliphatic carbocycles. The van der Waals surface area contributed by atoms with Crippen molar-refractivity contribution in [1.29, 1.82) is 0 Å². The molecule has 0 saturated carbocycles. The molecule has 0 unspecified atom stereocenters. The fraction of sp³-hybridized carbons (Fsp3) is 0.208. The van der Waals surface area contributed by atoms with Crippen LogP contribution in [-0.2, 0) is 23.0 Å². The fourth-order valence-electron chi connectivity index (χ4n) is 3.60. The second-order valence-corrected chi connectivity index (χ2v) is 9.77. The molecule has 0 aromatic heterocycles. The number of urea groups is 1. The van der Waals surface area contributed by atoms with Gasteiger partial charge in [-0.15, -0.1) is 0 Å². The number of amides is 2. The normalized spacial score (nSPS) is 14.0. The number of benzene rings is 3. The molecule has 6 nitrogen and oxygen atoms in total. The van der Waals surface area contributed by atoms with Crippen LogP contribution < -0.4 is 10.6 Å². The second kappa shape index (κ2) is 8.53. The van der Waals surface area contributed by atoms with E-state index in [2.05, 4.69) is 10.6 Å². The summed E-state index contributed by atoms with van der Waals surface area (Å²) in [5, 5.41) is 5.63. The molecule has 0 atom stereocenters. The van der Waals surface area contributed by atoms with Crippen molar-refractivity contribution in [2.75, 3.05) is 17.2 Å². The molecule has 1 aliphatic heterocycles. The predicted molar refractivity (Wildman–Crippen MR) is 123 cm³/mol. The number of rotatable bonds is 4. The molecule has 0 spiro atoms. The number of hydrogen-bond donors (Lipinski definition) is 2. The van der Waals surface area contributed by atoms with E-state index in [0.717, 1.165) is 22.3 Å². The number of sulfonamides is 1. The summed E-state index contributed by atoms with van der Waals surface area (Å²) in [6.07, 6.45) is 0.635. The van der Waals surface area contributed by atoms with E-state index in [-0.39, 0.29) is 12.6 Å². The summed E-state index contributed by atoms with van der Waals surface area (Å²) >= 11 is 0. The maximum absolute atomic E-state index is 13.0. The van der Waals surface area contributed by atoms with Gasteiger partial charge in [0.1, 0.15) is 0 Å². The smallest absolute Gasteiger partial charge is 0.308 e. The molecule has 2 amide bonds. The highest BCUT2D eigenvalue weighted by Gasteiger charge is 2.28. The highest BCUT2D eigenvalue weighted by molar-refractivity contribution is 7.89. The van der Waals surface area contributed by atoms with Crippen LogP contribution in [0.25, 0.3) is 0 Å². The third-order valence-electron chi connectivity index (χ3n) is 5.41. The number of carbonyl (C=O) groups excluding carboxylic acids is 1. The molecule has 1 aliphatic rings. The molecule has 0 bridgehead atoms. The average molecular weight is 436 g/mol. The number of hydrogen-bond acceptors (Lipinski definition) is 3. The summed E-state index contributed by atoms with van der Waals surface area (Å²) in [4.78, 5) is 12.6. The van der Waals surface area contributed by atoms with Crippen LogP contribution in [0.15, 0.2) is 71.6 Å². The second-order valence-electron chi connectivity index (χ2n) is 7.83. The summed E-state index contributed by atoms with van der Waals surface area (Å²) in [5.74, 6) is 0. The van der Waals surface area contributed by atoms with Gasteiger partial charge in [-0.05, 0) is 67.8 Å². The molecule has 4 rings (SSSR count). The highest BCUT2D eigenvalue weighted by Crippen LogP contribution is 2.27. The molecule has 0 radical (unpaired) electrons. The van der Waals surface area contributed by atoms with Crippen LogP contribution in [0.2, 0.25) is 0 Å². The van der Waals surface area contributed by atoms with Crippen LogP contribution in [0.5, 0.6) is 0 Å². The quantitative estimate of drug-likeness (QED) is 0.624. The van der Waals surface area contributed by atoms with Gasteiger partial charge in [0.2, 0.25) is 10.0 Å². The maximum atomic E-state index is 13.0. The van der Waals surface area contributed by atoms with E-state index in [1.807, 2.05) is 56.3 Å². The van der Waals surface area contributed by atoms with Crippen LogP contribution in [0.4, 0.5) is 16.2 Å². The summed E-state index contributed by atoms with van der Waals surface area (Å²) in [6, 6.07) is 19.7. The van der Waals surface area contributed by atoms with Crippen molar-refractivity contribution in [3.05, 3.63) is 89.0 Å². The fourth-order valence-corrected chi connectivity index (χ4v) is 5.02. The number of nitrogens with one attached hydrogen (secondary N) is 2. The number of fused-ring (bicyclic) bond motifs is 1. The highest BCUT2D eigenvalue weighted by atomic mass is 32.2. The van der Waals surface area contributed by atoms with E-state index in [9.17, 15) is 13.2 Å². The molecule has 3 aromatic carbocycles. The first-order valence-corrected chi connectivity index (χ1v) is 11.6. The van der Waals surface area contributed by atoms with Crippen LogP contribution >= 0.6 is 0 Å². The first-order valence-electron chi connectivity index (χ1n) is 10.1. The van der Waals surface area contributed by atoms with Crippen molar-refractivity contribution in [2.24, 2.45) is 0 Å². The zero-order chi connectivity index (χ0) is 22.0. The van der Waals surface area contributed by atoms with Crippen molar-refractivity contribution >= 4 is 27.4 Å². The van der Waals surface area contributed by atoms with Gasteiger partial charge in [-0.25, -0.2) is 13.2 Å². The van der Waals surface area contributed by atoms with Gasteiger partial charge in [0.15, 0.2) is 0 Å². The summed E-state index contributed by atoms with van der Waals surface area (Å²) in [6.45, 7) is 4.63. The lowest BCUT2D eigenvalue weighted by atomic mass is 10.0. The van der Waals surface area contributed by atoms with E-state index < -0.39 is 10.0 Å².